The maximum atomic E-state index is 14.3. The summed E-state index contributed by atoms with van der Waals surface area (Å²) in [7, 11) is 1.54. The molecule has 1 atom stereocenters. The Kier molecular flexibility index (Phi) is 5.58. The summed E-state index contributed by atoms with van der Waals surface area (Å²) in [6.07, 6.45) is -0.829. The van der Waals surface area contributed by atoms with Crippen molar-refractivity contribution in [2.24, 2.45) is 0 Å². The smallest absolute Gasteiger partial charge is 0.307 e. The van der Waals surface area contributed by atoms with Crippen molar-refractivity contribution in [3.05, 3.63) is 74.2 Å². The topological polar surface area (TPSA) is 71.5 Å². The van der Waals surface area contributed by atoms with Crippen LogP contribution in [0.3, 0.4) is 0 Å². The van der Waals surface area contributed by atoms with Gasteiger partial charge in [-0.05, 0) is 35.4 Å². The number of aromatic hydroxyl groups is 1. The van der Waals surface area contributed by atoms with Crippen LogP contribution >= 0.6 is 11.3 Å². The van der Waals surface area contributed by atoms with Crippen LogP contribution in [0.15, 0.2) is 53.3 Å². The quantitative estimate of drug-likeness (QED) is 0.658. The molecule has 5 nitrogen and oxygen atoms in total. The summed E-state index contributed by atoms with van der Waals surface area (Å²) in [6.45, 7) is -0.104. The number of aromatic nitrogens is 1. The number of H-pyrrole nitrogens is 1. The average Bonchev–Trinajstić information content (AvgIpc) is 2.97. The highest BCUT2D eigenvalue weighted by Gasteiger charge is 2.12. The highest BCUT2D eigenvalue weighted by molar-refractivity contribution is 7.09. The molecule has 1 aromatic heterocycles. The average molecular weight is 375 g/mol. The fraction of sp³-hybridized carbons (Fsp3) is 0.211. The number of nitrogens with one attached hydrogen (secondary N) is 1. The van der Waals surface area contributed by atoms with Crippen molar-refractivity contribution < 1.29 is 19.0 Å². The van der Waals surface area contributed by atoms with Gasteiger partial charge in [0.1, 0.15) is 18.1 Å². The third-order valence-electron chi connectivity index (χ3n) is 3.84. The number of methoxy groups -OCH3 is 1. The Labute approximate surface area is 153 Å². The minimum Gasteiger partial charge on any atom is -0.497 e. The first-order chi connectivity index (χ1) is 12.5. The molecule has 0 spiro atoms. The van der Waals surface area contributed by atoms with Gasteiger partial charge in [-0.25, -0.2) is 4.39 Å². The van der Waals surface area contributed by atoms with Crippen LogP contribution in [0.4, 0.5) is 4.39 Å². The molecule has 0 saturated heterocycles. The predicted molar refractivity (Wildman–Crippen MR) is 98.2 cm³/mol. The third kappa shape index (κ3) is 4.43. The van der Waals surface area contributed by atoms with Gasteiger partial charge in [0.2, 0.25) is 5.88 Å². The molecule has 0 aliphatic rings. The van der Waals surface area contributed by atoms with Crippen LogP contribution in [0.1, 0.15) is 22.2 Å². The van der Waals surface area contributed by atoms with Crippen LogP contribution in [0.5, 0.6) is 17.4 Å². The van der Waals surface area contributed by atoms with E-state index in [9.17, 15) is 14.3 Å². The lowest BCUT2D eigenvalue weighted by atomic mass is 10.1. The number of rotatable bonds is 7. The molecule has 136 valence electrons. The van der Waals surface area contributed by atoms with Crippen LogP contribution in [0, 0.1) is 0 Å². The Morgan fingerprint density at radius 3 is 2.62 bits per heavy atom. The summed E-state index contributed by atoms with van der Waals surface area (Å²) in [5, 5.41) is 9.62. The summed E-state index contributed by atoms with van der Waals surface area (Å²) < 4.78 is 24.9. The lowest BCUT2D eigenvalue weighted by molar-refractivity contribution is 0.197. The SMILES string of the molecule is COc1cccc(C(F)COc2ccc(Cc3sc(=O)[nH]c3O)cc2)c1. The van der Waals surface area contributed by atoms with E-state index in [-0.39, 0.29) is 17.4 Å². The van der Waals surface area contributed by atoms with Gasteiger partial charge in [-0.1, -0.05) is 35.6 Å². The Bertz CT molecular complexity index is 920. The zero-order valence-electron chi connectivity index (χ0n) is 14.1. The van der Waals surface area contributed by atoms with Crippen molar-refractivity contribution in [3.63, 3.8) is 0 Å². The molecule has 0 fully saturated rings. The molecule has 0 aliphatic heterocycles. The fourth-order valence-electron chi connectivity index (χ4n) is 2.46. The molecule has 0 radical (unpaired) electrons. The second kappa shape index (κ2) is 8.05. The van der Waals surface area contributed by atoms with Crippen LogP contribution in [-0.4, -0.2) is 23.8 Å². The van der Waals surface area contributed by atoms with Crippen LogP contribution in [0.2, 0.25) is 0 Å². The normalized spacial score (nSPS) is 11.9. The van der Waals surface area contributed by atoms with Crippen LogP contribution < -0.4 is 14.3 Å². The van der Waals surface area contributed by atoms with Gasteiger partial charge >= 0.3 is 4.87 Å². The van der Waals surface area contributed by atoms with Gasteiger partial charge in [0.05, 0.1) is 12.0 Å². The number of hydrogen-bond donors (Lipinski definition) is 2. The molecule has 26 heavy (non-hydrogen) atoms. The second-order valence-corrected chi connectivity index (χ2v) is 6.73. The van der Waals surface area contributed by atoms with Gasteiger partial charge in [0.15, 0.2) is 6.17 Å². The molecule has 1 heterocycles. The number of hydrogen-bond acceptors (Lipinski definition) is 5. The number of alkyl halides is 1. The van der Waals surface area contributed by atoms with Crippen LogP contribution in [-0.2, 0) is 6.42 Å². The lowest BCUT2D eigenvalue weighted by Gasteiger charge is -2.12. The summed E-state index contributed by atoms with van der Waals surface area (Å²) in [5.74, 6) is 1.05. The molecule has 7 heteroatoms. The van der Waals surface area contributed by atoms with Crippen LogP contribution in [0.25, 0.3) is 0 Å². The zero-order valence-corrected chi connectivity index (χ0v) is 14.9. The Morgan fingerprint density at radius 1 is 1.19 bits per heavy atom. The number of aromatic amines is 1. The summed E-state index contributed by atoms with van der Waals surface area (Å²) in [5.41, 5.74) is 1.41. The second-order valence-electron chi connectivity index (χ2n) is 5.66. The monoisotopic (exact) mass is 375 g/mol. The van der Waals surface area contributed by atoms with E-state index in [1.165, 1.54) is 7.11 Å². The molecule has 2 aromatic carbocycles. The first-order valence-corrected chi connectivity index (χ1v) is 8.77. The molecular formula is C19H18FNO4S. The van der Waals surface area contributed by atoms with Crippen molar-refractivity contribution in [3.8, 4) is 17.4 Å². The lowest BCUT2D eigenvalue weighted by Crippen LogP contribution is -2.06. The molecule has 3 aromatic rings. The van der Waals surface area contributed by atoms with Gasteiger partial charge in [-0.2, -0.15) is 0 Å². The van der Waals surface area contributed by atoms with E-state index in [0.717, 1.165) is 16.9 Å². The van der Waals surface area contributed by atoms with E-state index in [1.807, 2.05) is 12.1 Å². The Hall–Kier alpha value is -2.80. The number of benzene rings is 2. The Morgan fingerprint density at radius 2 is 1.96 bits per heavy atom. The zero-order chi connectivity index (χ0) is 18.5. The summed E-state index contributed by atoms with van der Waals surface area (Å²) >= 11 is 0.976. The van der Waals surface area contributed by atoms with E-state index >= 15 is 0 Å². The van der Waals surface area contributed by atoms with E-state index in [2.05, 4.69) is 4.98 Å². The molecule has 0 amide bonds. The fourth-order valence-corrected chi connectivity index (χ4v) is 3.22. The Balaban J connectivity index is 1.58. The minimum absolute atomic E-state index is 0.0983. The first-order valence-electron chi connectivity index (χ1n) is 7.96. The van der Waals surface area contributed by atoms with Gasteiger partial charge in [0, 0.05) is 6.42 Å². The molecule has 0 saturated carbocycles. The predicted octanol–water partition coefficient (Wildman–Crippen LogP) is 3.83. The molecule has 0 aliphatic carbocycles. The van der Waals surface area contributed by atoms with E-state index in [0.29, 0.717) is 28.4 Å². The van der Waals surface area contributed by atoms with Crippen molar-refractivity contribution >= 4 is 11.3 Å². The van der Waals surface area contributed by atoms with Gasteiger partial charge < -0.3 is 14.6 Å². The van der Waals surface area contributed by atoms with Gasteiger partial charge in [-0.15, -0.1) is 0 Å². The first kappa shape index (κ1) is 18.0. The summed E-state index contributed by atoms with van der Waals surface area (Å²) in [4.78, 5) is 13.8. The number of ether oxygens (including phenoxy) is 2. The van der Waals surface area contributed by atoms with Gasteiger partial charge in [-0.3, -0.25) is 9.78 Å². The molecule has 1 unspecified atom stereocenters. The van der Waals surface area contributed by atoms with E-state index in [1.54, 1.807) is 36.4 Å². The van der Waals surface area contributed by atoms with E-state index < -0.39 is 6.17 Å². The van der Waals surface area contributed by atoms with Crippen molar-refractivity contribution in [1.82, 2.24) is 4.98 Å². The third-order valence-corrected chi connectivity index (χ3v) is 4.71. The largest absolute Gasteiger partial charge is 0.497 e. The van der Waals surface area contributed by atoms with E-state index in [4.69, 9.17) is 9.47 Å². The maximum absolute atomic E-state index is 14.3. The molecular weight excluding hydrogens is 357 g/mol. The van der Waals surface area contributed by atoms with Crippen molar-refractivity contribution in [2.75, 3.05) is 13.7 Å². The minimum atomic E-state index is -1.26. The standard InChI is InChI=1S/C19H18FNO4S/c1-24-15-4-2-3-13(10-15)16(20)11-25-14-7-5-12(6-8-14)9-17-18(22)21-19(23)26-17/h2-8,10,16,22H,9,11H2,1H3,(H,21,23). The summed E-state index contributed by atoms with van der Waals surface area (Å²) in [6, 6.07) is 13.9. The van der Waals surface area contributed by atoms with Gasteiger partial charge in [0.25, 0.3) is 0 Å². The number of halogens is 1. The highest BCUT2D eigenvalue weighted by Crippen LogP contribution is 2.25. The number of thiazole rings is 1. The molecule has 2 N–H and O–H groups in total. The maximum Gasteiger partial charge on any atom is 0.307 e. The van der Waals surface area contributed by atoms with Crippen molar-refractivity contribution in [2.45, 2.75) is 12.6 Å². The van der Waals surface area contributed by atoms with Crippen molar-refractivity contribution in [1.29, 1.82) is 0 Å². The molecule has 3 rings (SSSR count). The molecule has 0 bridgehead atoms. The highest BCUT2D eigenvalue weighted by atomic mass is 32.1.